The molecule has 2 amide bonds. The number of amides is 2. The maximum absolute atomic E-state index is 13.2. The SMILES string of the molecule is O=C(O)CN(CC(=O)O)C(CCCCNC(=O)C1CCN(c2ccc3c(-c4ccccc4S(=O)(=O)[O-])c4ccc(=[N+]5CCC(C(=O)NCCCCC(C(=O)O)N(CC(=O)O)CC(=O)O)CC5)cc-4oc3c2)CC1)C(=O)O. The first-order valence-corrected chi connectivity index (χ1v) is 26.3. The Morgan fingerprint density at radius 1 is 0.645 bits per heavy atom. The molecule has 2 aromatic carbocycles. The average molecular weight is 1080 g/mol. The van der Waals surface area contributed by atoms with Gasteiger partial charge in [-0.25, -0.2) is 13.0 Å². The number of piperidine rings is 2. The van der Waals surface area contributed by atoms with E-state index in [9.17, 15) is 61.5 Å². The minimum Gasteiger partial charge on any atom is -0.744 e. The molecule has 0 bridgehead atoms. The molecule has 0 saturated carbocycles. The average Bonchev–Trinajstić information content (AvgIpc) is 3.37. The number of hydrogen-bond acceptors (Lipinski definition) is 15. The van der Waals surface area contributed by atoms with E-state index >= 15 is 0 Å². The first kappa shape index (κ1) is 57.8. The van der Waals surface area contributed by atoms with Gasteiger partial charge in [0.15, 0.2) is 0 Å². The van der Waals surface area contributed by atoms with Crippen LogP contribution >= 0.6 is 0 Å². The number of unbranched alkanes of at least 4 members (excludes halogenated alkanes) is 2. The van der Waals surface area contributed by atoms with Crippen molar-refractivity contribution in [2.45, 2.75) is 81.2 Å². The Morgan fingerprint density at radius 3 is 1.63 bits per heavy atom. The minimum atomic E-state index is -4.93. The number of carboxylic acids is 6. The summed E-state index contributed by atoms with van der Waals surface area (Å²) in [5, 5.41) is 63.0. The molecular weight excluding hydrogens is 1020 g/mol. The third-order valence-corrected chi connectivity index (χ3v) is 14.7. The van der Waals surface area contributed by atoms with E-state index in [0.29, 0.717) is 105 Å². The lowest BCUT2D eigenvalue weighted by atomic mass is 9.92. The molecule has 0 aromatic heterocycles. The second-order valence-corrected chi connectivity index (χ2v) is 20.3. The van der Waals surface area contributed by atoms with Crippen molar-refractivity contribution < 1.29 is 86.4 Å². The van der Waals surface area contributed by atoms with Crippen molar-refractivity contribution in [2.24, 2.45) is 11.8 Å². The summed E-state index contributed by atoms with van der Waals surface area (Å²) in [5.41, 5.74) is 2.40. The largest absolute Gasteiger partial charge is 0.744 e. The highest BCUT2D eigenvalue weighted by molar-refractivity contribution is 7.85. The molecule has 2 saturated heterocycles. The summed E-state index contributed by atoms with van der Waals surface area (Å²) in [6.45, 7) is -0.519. The zero-order valence-corrected chi connectivity index (χ0v) is 42.3. The Balaban J connectivity index is 1.12. The smallest absolute Gasteiger partial charge is 0.320 e. The number of nitrogens with zero attached hydrogens (tertiary/aromatic N) is 4. The zero-order valence-electron chi connectivity index (χ0n) is 41.5. The quantitative estimate of drug-likeness (QED) is 0.0183. The summed E-state index contributed by atoms with van der Waals surface area (Å²) < 4.78 is 46.6. The summed E-state index contributed by atoms with van der Waals surface area (Å²) in [6.07, 6.45) is 3.35. The predicted octanol–water partition coefficient (Wildman–Crippen LogP) is 1.93. The second-order valence-electron chi connectivity index (χ2n) is 19.0. The van der Waals surface area contributed by atoms with Crippen molar-refractivity contribution in [3.63, 3.8) is 0 Å². The predicted molar refractivity (Wildman–Crippen MR) is 269 cm³/mol. The molecule has 2 fully saturated rings. The van der Waals surface area contributed by atoms with E-state index in [0.717, 1.165) is 20.8 Å². The highest BCUT2D eigenvalue weighted by Crippen LogP contribution is 2.43. The van der Waals surface area contributed by atoms with Gasteiger partial charge in [-0.15, -0.1) is 0 Å². The monoisotopic (exact) mass is 1080 g/mol. The number of benzene rings is 3. The van der Waals surface area contributed by atoms with Gasteiger partial charge in [0.1, 0.15) is 46.6 Å². The Labute approximate surface area is 436 Å². The van der Waals surface area contributed by atoms with Crippen LogP contribution in [0.2, 0.25) is 0 Å². The van der Waals surface area contributed by atoms with Gasteiger partial charge in [-0.2, -0.15) is 0 Å². The molecule has 8 N–H and O–H groups in total. The number of fused-ring (bicyclic) bond motifs is 2. The molecule has 3 heterocycles. The minimum absolute atomic E-state index is 0.0127. The lowest BCUT2D eigenvalue weighted by Gasteiger charge is -2.33. The Bertz CT molecular complexity index is 2930. The van der Waals surface area contributed by atoms with Crippen LogP contribution in [0.15, 0.2) is 70.0 Å². The van der Waals surface area contributed by atoms with Crippen LogP contribution < -0.4 is 25.5 Å². The van der Waals surface area contributed by atoms with E-state index in [4.69, 9.17) is 24.8 Å². The van der Waals surface area contributed by atoms with Gasteiger partial charge < -0.3 is 55.1 Å². The normalized spacial score (nSPS) is 16.1. The first-order chi connectivity index (χ1) is 36.1. The molecule has 6 rings (SSSR count). The molecule has 2 unspecified atom stereocenters. The molecule has 0 radical (unpaired) electrons. The van der Waals surface area contributed by atoms with Crippen LogP contribution in [0.3, 0.4) is 0 Å². The van der Waals surface area contributed by atoms with Crippen LogP contribution in [-0.4, -0.2) is 179 Å². The topological polar surface area (TPSA) is 365 Å². The van der Waals surface area contributed by atoms with Gasteiger partial charge in [-0.05, 0) is 75.6 Å². The molecular formula is C51H62N6O18S. The van der Waals surface area contributed by atoms with Gasteiger partial charge in [-0.1, -0.05) is 18.2 Å². The van der Waals surface area contributed by atoms with Crippen molar-refractivity contribution in [3.8, 4) is 22.5 Å². The summed E-state index contributed by atoms with van der Waals surface area (Å²) in [6, 6.07) is 14.3. The summed E-state index contributed by atoms with van der Waals surface area (Å²) in [7, 11) is -4.93. The molecule has 0 spiro atoms. The highest BCUT2D eigenvalue weighted by atomic mass is 32.2. The molecule has 2 atom stereocenters. The van der Waals surface area contributed by atoms with Gasteiger partial charge in [0.2, 0.25) is 17.2 Å². The van der Waals surface area contributed by atoms with Crippen molar-refractivity contribution in [1.82, 2.24) is 25.0 Å². The van der Waals surface area contributed by atoms with Crippen LogP contribution in [0.5, 0.6) is 0 Å². The number of nitrogens with one attached hydrogen (secondary N) is 2. The Hall–Kier alpha value is -7.48. The van der Waals surface area contributed by atoms with Gasteiger partial charge in [0.05, 0.1) is 37.1 Å². The van der Waals surface area contributed by atoms with E-state index in [1.54, 1.807) is 12.1 Å². The molecule has 410 valence electrons. The Morgan fingerprint density at radius 2 is 1.14 bits per heavy atom. The fourth-order valence-electron chi connectivity index (χ4n) is 10.1. The number of carboxylic acid groups (broad SMARTS) is 6. The lowest BCUT2D eigenvalue weighted by molar-refractivity contribution is -0.152. The fraction of sp³-hybridized carbons (Fsp3) is 0.471. The molecule has 4 aliphatic rings. The zero-order chi connectivity index (χ0) is 55.3. The second kappa shape index (κ2) is 26.3. The first-order valence-electron chi connectivity index (χ1n) is 24.9. The van der Waals surface area contributed by atoms with Crippen LogP contribution in [0, 0.1) is 11.8 Å². The van der Waals surface area contributed by atoms with Crippen molar-refractivity contribution >= 4 is 74.4 Å². The van der Waals surface area contributed by atoms with Crippen LogP contribution in [0.25, 0.3) is 33.4 Å². The number of hydrogen-bond donors (Lipinski definition) is 8. The summed E-state index contributed by atoms with van der Waals surface area (Å²) in [5.74, 6) is -8.67. The number of carbonyl (C=O) groups excluding carboxylic acids is 2. The molecule has 2 aromatic rings. The lowest BCUT2D eigenvalue weighted by Crippen LogP contribution is -2.46. The maximum Gasteiger partial charge on any atom is 0.320 e. The van der Waals surface area contributed by atoms with Crippen LogP contribution in [0.1, 0.15) is 64.2 Å². The maximum atomic E-state index is 13.2. The van der Waals surface area contributed by atoms with E-state index in [2.05, 4.69) is 20.1 Å². The summed E-state index contributed by atoms with van der Waals surface area (Å²) in [4.78, 5) is 98.5. The number of rotatable bonds is 27. The summed E-state index contributed by atoms with van der Waals surface area (Å²) >= 11 is 0. The van der Waals surface area contributed by atoms with Crippen molar-refractivity contribution in [3.05, 3.63) is 66.0 Å². The van der Waals surface area contributed by atoms with Gasteiger partial charge in [0, 0.05) is 90.8 Å². The van der Waals surface area contributed by atoms with Gasteiger partial charge in [0.25, 0.3) is 0 Å². The van der Waals surface area contributed by atoms with Gasteiger partial charge in [-0.3, -0.25) is 48.2 Å². The fourth-order valence-corrected chi connectivity index (χ4v) is 10.7. The number of aliphatic carboxylic acids is 6. The van der Waals surface area contributed by atoms with Gasteiger partial charge >= 0.3 is 35.8 Å². The molecule has 3 aliphatic heterocycles. The van der Waals surface area contributed by atoms with Crippen molar-refractivity contribution in [2.75, 3.05) is 70.3 Å². The van der Waals surface area contributed by atoms with E-state index < -0.39 is 89.1 Å². The van der Waals surface area contributed by atoms with E-state index in [1.807, 2.05) is 36.4 Å². The van der Waals surface area contributed by atoms with Crippen molar-refractivity contribution in [1.29, 1.82) is 0 Å². The van der Waals surface area contributed by atoms with E-state index in [1.165, 1.54) is 12.1 Å². The standard InChI is InChI=1S/C51H62N6O18S/c58-43(59)27-56(28-44(60)61)38(50(68)69)8-3-5-19-52-48(66)31-15-21-54(22-16-31)33-11-13-35-40(25-33)75-41-26-34(12-14-36(41)47(35)37-7-1-2-10-42(37)76(72,73)74)55-23-17-32(18-24-55)49(67)53-20-6-4-9-39(51(70)71)57(29-45(62)63)30-46(64)65/h1-2,7,10-14,25-26,31-32,38-39H,3-6,8-9,15-24,27-30H2,(H8-,52,53,58,59,60,61,62,63,64,65,66,67,68,69,70,71,72,73,74). The van der Waals surface area contributed by atoms with E-state index in [-0.39, 0.29) is 55.1 Å². The third-order valence-electron chi connectivity index (χ3n) is 13.8. The molecule has 24 nitrogen and oxygen atoms in total. The molecule has 1 aliphatic carbocycles. The Kier molecular flexibility index (Phi) is 20.0. The third kappa shape index (κ3) is 15.5. The van der Waals surface area contributed by atoms with Crippen LogP contribution in [0.4, 0.5) is 5.69 Å². The number of carbonyl (C=O) groups is 8. The van der Waals surface area contributed by atoms with Crippen LogP contribution in [-0.2, 0) is 48.5 Å². The molecule has 76 heavy (non-hydrogen) atoms. The highest BCUT2D eigenvalue weighted by Gasteiger charge is 2.32. The molecule has 25 heteroatoms. The number of anilines is 1.